The van der Waals surface area contributed by atoms with E-state index in [1.165, 1.54) is 4.90 Å². The number of amides is 1. The molecular weight excluding hydrogens is 228 g/mol. The molecule has 0 spiro atoms. The highest BCUT2D eigenvalue weighted by Crippen LogP contribution is 2.34. The highest BCUT2D eigenvalue weighted by molar-refractivity contribution is 5.96. The van der Waals surface area contributed by atoms with E-state index in [9.17, 15) is 10.1 Å². The van der Waals surface area contributed by atoms with Crippen LogP contribution in [-0.4, -0.2) is 18.7 Å². The fourth-order valence-corrected chi connectivity index (χ4v) is 2.07. The van der Waals surface area contributed by atoms with Crippen LogP contribution in [0.1, 0.15) is 19.4 Å². The number of hydrogen-bond acceptors (Lipinski definition) is 3. The van der Waals surface area contributed by atoms with Gasteiger partial charge in [-0.05, 0) is 31.6 Å². The molecule has 1 aliphatic heterocycles. The molecule has 1 heterocycles. The Morgan fingerprint density at radius 2 is 2.22 bits per heavy atom. The van der Waals surface area contributed by atoms with Gasteiger partial charge in [0.2, 0.25) is 0 Å². The van der Waals surface area contributed by atoms with Gasteiger partial charge in [0.1, 0.15) is 6.04 Å². The number of nitrogens with zero attached hydrogens (tertiary/aromatic N) is 2. The van der Waals surface area contributed by atoms with Gasteiger partial charge in [-0.2, -0.15) is 5.26 Å². The molecule has 0 saturated heterocycles. The van der Waals surface area contributed by atoms with Crippen LogP contribution in [0, 0.1) is 11.3 Å². The maximum absolute atomic E-state index is 12.0. The summed E-state index contributed by atoms with van der Waals surface area (Å²) in [5, 5.41) is 9.18. The highest BCUT2D eigenvalue weighted by Gasteiger charge is 2.30. The van der Waals surface area contributed by atoms with E-state index in [-0.39, 0.29) is 0 Å². The number of fused-ring (bicyclic) bond motifs is 1. The number of benzene rings is 1. The summed E-state index contributed by atoms with van der Waals surface area (Å²) in [6.07, 6.45) is 1.29. The van der Waals surface area contributed by atoms with Gasteiger partial charge in [-0.3, -0.25) is 4.90 Å². The number of rotatable bonds is 1. The first-order chi connectivity index (χ1) is 8.69. The number of nitriles is 1. The van der Waals surface area contributed by atoms with E-state index in [1.807, 2.05) is 31.2 Å². The number of allylic oxidation sites excluding steroid dienone is 1. The SMILES string of the molecule is CCOC(=O)N1c2ccccc2C(C)=CC1C#N. The Hall–Kier alpha value is -2.28. The molecule has 1 aliphatic rings. The van der Waals surface area contributed by atoms with Gasteiger partial charge in [0.05, 0.1) is 18.4 Å². The molecule has 0 radical (unpaired) electrons. The lowest BCUT2D eigenvalue weighted by molar-refractivity contribution is 0.159. The van der Waals surface area contributed by atoms with E-state index in [0.717, 1.165) is 16.8 Å². The maximum atomic E-state index is 12.0. The summed E-state index contributed by atoms with van der Waals surface area (Å²) in [5.74, 6) is 0. The summed E-state index contributed by atoms with van der Waals surface area (Å²) in [4.78, 5) is 13.4. The third-order valence-electron chi connectivity index (χ3n) is 2.87. The van der Waals surface area contributed by atoms with Crippen LogP contribution in [0.15, 0.2) is 30.3 Å². The molecule has 0 N–H and O–H groups in total. The van der Waals surface area contributed by atoms with Crippen molar-refractivity contribution in [3.63, 3.8) is 0 Å². The molecule has 0 aliphatic carbocycles. The average Bonchev–Trinajstić information content (AvgIpc) is 2.38. The van der Waals surface area contributed by atoms with E-state index in [0.29, 0.717) is 6.61 Å². The van der Waals surface area contributed by atoms with Crippen LogP contribution >= 0.6 is 0 Å². The van der Waals surface area contributed by atoms with Crippen LogP contribution in [0.2, 0.25) is 0 Å². The largest absolute Gasteiger partial charge is 0.449 e. The van der Waals surface area contributed by atoms with Crippen molar-refractivity contribution in [3.05, 3.63) is 35.9 Å². The van der Waals surface area contributed by atoms with Gasteiger partial charge in [0.15, 0.2) is 0 Å². The monoisotopic (exact) mass is 242 g/mol. The molecule has 0 aromatic heterocycles. The predicted molar refractivity (Wildman–Crippen MR) is 69.0 cm³/mol. The smallest absolute Gasteiger partial charge is 0.415 e. The van der Waals surface area contributed by atoms with Gasteiger partial charge < -0.3 is 4.74 Å². The molecule has 92 valence electrons. The summed E-state index contributed by atoms with van der Waals surface area (Å²) in [5.41, 5.74) is 2.68. The highest BCUT2D eigenvalue weighted by atomic mass is 16.6. The van der Waals surface area contributed by atoms with Crippen molar-refractivity contribution in [2.75, 3.05) is 11.5 Å². The Morgan fingerprint density at radius 3 is 2.89 bits per heavy atom. The molecule has 4 heteroatoms. The summed E-state index contributed by atoms with van der Waals surface area (Å²) in [7, 11) is 0. The molecule has 1 amide bonds. The second-order valence-electron chi connectivity index (χ2n) is 4.01. The zero-order valence-corrected chi connectivity index (χ0v) is 10.4. The molecule has 18 heavy (non-hydrogen) atoms. The number of para-hydroxylation sites is 1. The van der Waals surface area contributed by atoms with Crippen molar-refractivity contribution in [2.24, 2.45) is 0 Å². The fraction of sp³-hybridized carbons (Fsp3) is 0.286. The summed E-state index contributed by atoms with van der Waals surface area (Å²) >= 11 is 0. The number of anilines is 1. The van der Waals surface area contributed by atoms with Crippen LogP contribution in [0.25, 0.3) is 5.57 Å². The first-order valence-electron chi connectivity index (χ1n) is 5.82. The minimum Gasteiger partial charge on any atom is -0.449 e. The van der Waals surface area contributed by atoms with Crippen molar-refractivity contribution in [2.45, 2.75) is 19.9 Å². The Kier molecular flexibility index (Phi) is 3.33. The quantitative estimate of drug-likeness (QED) is 0.760. The number of carbonyl (C=O) groups excluding carboxylic acids is 1. The van der Waals surface area contributed by atoms with E-state index in [2.05, 4.69) is 6.07 Å². The summed E-state index contributed by atoms with van der Waals surface area (Å²) < 4.78 is 5.01. The molecule has 4 nitrogen and oxygen atoms in total. The van der Waals surface area contributed by atoms with Crippen LogP contribution in [0.3, 0.4) is 0 Å². The first kappa shape index (κ1) is 12.2. The lowest BCUT2D eigenvalue weighted by Gasteiger charge is -2.30. The molecule has 0 bridgehead atoms. The van der Waals surface area contributed by atoms with Crippen LogP contribution in [0.5, 0.6) is 0 Å². The predicted octanol–water partition coefficient (Wildman–Crippen LogP) is 2.96. The second-order valence-corrected chi connectivity index (χ2v) is 4.01. The van der Waals surface area contributed by atoms with Gasteiger partial charge in [-0.15, -0.1) is 0 Å². The lowest BCUT2D eigenvalue weighted by atomic mass is 9.97. The molecule has 2 rings (SSSR count). The molecule has 1 aromatic rings. The van der Waals surface area contributed by atoms with Crippen molar-refractivity contribution < 1.29 is 9.53 Å². The second kappa shape index (κ2) is 4.92. The van der Waals surface area contributed by atoms with E-state index >= 15 is 0 Å². The van der Waals surface area contributed by atoms with Crippen LogP contribution < -0.4 is 4.90 Å². The minimum absolute atomic E-state index is 0.290. The Labute approximate surface area is 106 Å². The van der Waals surface area contributed by atoms with E-state index in [4.69, 9.17) is 4.74 Å². The van der Waals surface area contributed by atoms with Gasteiger partial charge in [-0.1, -0.05) is 18.2 Å². The van der Waals surface area contributed by atoms with Gasteiger partial charge in [0.25, 0.3) is 0 Å². The molecule has 0 saturated carbocycles. The normalized spacial score (nSPS) is 17.5. The van der Waals surface area contributed by atoms with Crippen molar-refractivity contribution in [1.82, 2.24) is 0 Å². The van der Waals surface area contributed by atoms with Crippen molar-refractivity contribution in [3.8, 4) is 6.07 Å². The number of carbonyl (C=O) groups is 1. The Bertz CT molecular complexity index is 543. The van der Waals surface area contributed by atoms with Gasteiger partial charge in [-0.25, -0.2) is 4.79 Å². The summed E-state index contributed by atoms with van der Waals surface area (Å²) in [6, 6.07) is 9.01. The molecule has 1 aromatic carbocycles. The fourth-order valence-electron chi connectivity index (χ4n) is 2.07. The number of hydrogen-bond donors (Lipinski definition) is 0. The van der Waals surface area contributed by atoms with Crippen molar-refractivity contribution in [1.29, 1.82) is 5.26 Å². The molecule has 1 atom stereocenters. The molecular formula is C14H14N2O2. The Balaban J connectivity index is 2.50. The molecule has 1 unspecified atom stereocenters. The van der Waals surface area contributed by atoms with Crippen molar-refractivity contribution >= 4 is 17.4 Å². The first-order valence-corrected chi connectivity index (χ1v) is 5.82. The third-order valence-corrected chi connectivity index (χ3v) is 2.87. The van der Waals surface area contributed by atoms with Crippen LogP contribution in [0.4, 0.5) is 10.5 Å². The van der Waals surface area contributed by atoms with E-state index < -0.39 is 12.1 Å². The Morgan fingerprint density at radius 1 is 1.50 bits per heavy atom. The zero-order valence-electron chi connectivity index (χ0n) is 10.4. The third kappa shape index (κ3) is 1.95. The zero-order chi connectivity index (χ0) is 13.1. The van der Waals surface area contributed by atoms with E-state index in [1.54, 1.807) is 13.0 Å². The lowest BCUT2D eigenvalue weighted by Crippen LogP contribution is -2.41. The minimum atomic E-state index is -0.612. The molecule has 0 fully saturated rings. The van der Waals surface area contributed by atoms with Crippen LogP contribution in [-0.2, 0) is 4.74 Å². The maximum Gasteiger partial charge on any atom is 0.415 e. The number of ether oxygens (including phenoxy) is 1. The average molecular weight is 242 g/mol. The van der Waals surface area contributed by atoms with Gasteiger partial charge in [0, 0.05) is 5.56 Å². The van der Waals surface area contributed by atoms with Gasteiger partial charge >= 0.3 is 6.09 Å². The summed E-state index contributed by atoms with van der Waals surface area (Å²) in [6.45, 7) is 3.97. The topological polar surface area (TPSA) is 53.3 Å². The standard InChI is InChI=1S/C14H14N2O2/c1-3-18-14(17)16-11(9-15)8-10(2)12-6-4-5-7-13(12)16/h4-8,11H,3H2,1-2H3.